The van der Waals surface area contributed by atoms with Crippen molar-refractivity contribution in [2.24, 2.45) is 16.8 Å². The molecule has 24 heavy (non-hydrogen) atoms. The maximum absolute atomic E-state index is 11.9. The lowest BCUT2D eigenvalue weighted by Gasteiger charge is -2.25. The van der Waals surface area contributed by atoms with Gasteiger partial charge in [0.2, 0.25) is 10.0 Å². The fourth-order valence-electron chi connectivity index (χ4n) is 2.35. The molecule has 6 nitrogen and oxygen atoms in total. The molecule has 0 amide bonds. The molecule has 8 heteroatoms. The summed E-state index contributed by atoms with van der Waals surface area (Å²) < 4.78 is 26.6. The molecule has 0 saturated heterocycles. The van der Waals surface area contributed by atoms with Crippen molar-refractivity contribution in [3.63, 3.8) is 0 Å². The Labute approximate surface area is 165 Å². The molecule has 1 aliphatic carbocycles. The van der Waals surface area contributed by atoms with Gasteiger partial charge >= 0.3 is 0 Å². The van der Waals surface area contributed by atoms with Crippen LogP contribution in [0, 0.1) is 11.8 Å². The van der Waals surface area contributed by atoms with E-state index in [4.69, 9.17) is 0 Å². The first-order valence-electron chi connectivity index (χ1n) is 8.92. The smallest absolute Gasteiger partial charge is 0.213 e. The van der Waals surface area contributed by atoms with Crippen molar-refractivity contribution >= 4 is 40.0 Å². The molecule has 1 aliphatic rings. The third kappa shape index (κ3) is 11.5. The molecule has 0 spiro atoms. The number of nitrogens with one attached hydrogen (secondary N) is 3. The second-order valence-electron chi connectivity index (χ2n) is 6.69. The molecule has 0 radical (unpaired) electrons. The summed E-state index contributed by atoms with van der Waals surface area (Å²) in [5, 5.41) is 6.25. The number of halogens is 1. The third-order valence-corrected chi connectivity index (χ3v) is 5.38. The van der Waals surface area contributed by atoms with Crippen LogP contribution in [0.4, 0.5) is 0 Å². The Morgan fingerprint density at radius 1 is 1.25 bits per heavy atom. The molecule has 0 heterocycles. The monoisotopic (exact) mass is 474 g/mol. The van der Waals surface area contributed by atoms with Crippen LogP contribution in [-0.2, 0) is 10.0 Å². The van der Waals surface area contributed by atoms with E-state index in [0.717, 1.165) is 38.8 Å². The second-order valence-corrected chi connectivity index (χ2v) is 8.61. The first kappa shape index (κ1) is 23.9. The molecule has 0 aromatic rings. The Bertz CT molecular complexity index is 451. The van der Waals surface area contributed by atoms with E-state index in [1.165, 1.54) is 6.42 Å². The van der Waals surface area contributed by atoms with Crippen LogP contribution >= 0.6 is 24.0 Å². The summed E-state index contributed by atoms with van der Waals surface area (Å²) in [6.07, 6.45) is 5.73. The zero-order chi connectivity index (χ0) is 17.1. The summed E-state index contributed by atoms with van der Waals surface area (Å²) in [5.74, 6) is 2.01. The van der Waals surface area contributed by atoms with Gasteiger partial charge in [-0.05, 0) is 44.4 Å². The summed E-state index contributed by atoms with van der Waals surface area (Å²) in [6, 6.07) is 0. The van der Waals surface area contributed by atoms with Crippen molar-refractivity contribution in [3.8, 4) is 0 Å². The average molecular weight is 474 g/mol. The normalized spacial score (nSPS) is 15.8. The topological polar surface area (TPSA) is 82.6 Å². The van der Waals surface area contributed by atoms with Crippen LogP contribution in [0.3, 0.4) is 0 Å². The van der Waals surface area contributed by atoms with Crippen LogP contribution in [0.5, 0.6) is 0 Å². The summed E-state index contributed by atoms with van der Waals surface area (Å²) in [5.41, 5.74) is 0. The highest BCUT2D eigenvalue weighted by molar-refractivity contribution is 14.0. The summed E-state index contributed by atoms with van der Waals surface area (Å²) in [6.45, 7) is 8.90. The van der Waals surface area contributed by atoms with Crippen molar-refractivity contribution in [3.05, 3.63) is 0 Å². The van der Waals surface area contributed by atoms with Gasteiger partial charge in [-0.2, -0.15) is 0 Å². The van der Waals surface area contributed by atoms with Gasteiger partial charge in [0.1, 0.15) is 0 Å². The van der Waals surface area contributed by atoms with Gasteiger partial charge in [0.15, 0.2) is 5.96 Å². The number of rotatable bonds is 11. The highest BCUT2D eigenvalue weighted by Crippen LogP contribution is 2.25. The molecular formula is C16H35IN4O2S. The van der Waals surface area contributed by atoms with Gasteiger partial charge < -0.3 is 10.6 Å². The van der Waals surface area contributed by atoms with Crippen molar-refractivity contribution in [2.75, 3.05) is 31.9 Å². The molecule has 0 bridgehead atoms. The number of sulfonamides is 1. The van der Waals surface area contributed by atoms with Crippen molar-refractivity contribution in [2.45, 2.75) is 52.9 Å². The van der Waals surface area contributed by atoms with E-state index >= 15 is 0 Å². The zero-order valence-electron chi connectivity index (χ0n) is 15.3. The van der Waals surface area contributed by atoms with Gasteiger partial charge in [-0.15, -0.1) is 24.0 Å². The Balaban J connectivity index is 0.00000529. The van der Waals surface area contributed by atoms with E-state index in [1.54, 1.807) is 0 Å². The van der Waals surface area contributed by atoms with Gasteiger partial charge in [-0.25, -0.2) is 13.1 Å². The maximum Gasteiger partial charge on any atom is 0.213 e. The quantitative estimate of drug-likeness (QED) is 0.186. The lowest BCUT2D eigenvalue weighted by molar-refractivity contribution is 0.316. The molecule has 0 unspecified atom stereocenters. The van der Waals surface area contributed by atoms with Gasteiger partial charge in [-0.1, -0.05) is 20.3 Å². The average Bonchev–Trinajstić information content (AvgIpc) is 2.41. The SMILES string of the molecule is CCNC(=NCCCC(C)C)NCCS(=O)(=O)NCC1CCC1.I. The molecule has 1 fully saturated rings. The predicted molar refractivity (Wildman–Crippen MR) is 113 cm³/mol. The second kappa shape index (κ2) is 13.2. The molecule has 3 N–H and O–H groups in total. The van der Waals surface area contributed by atoms with Crippen LogP contribution in [0.2, 0.25) is 0 Å². The van der Waals surface area contributed by atoms with Crippen LogP contribution < -0.4 is 15.4 Å². The van der Waals surface area contributed by atoms with Crippen LogP contribution in [0.15, 0.2) is 4.99 Å². The van der Waals surface area contributed by atoms with Gasteiger partial charge in [-0.3, -0.25) is 4.99 Å². The van der Waals surface area contributed by atoms with Gasteiger partial charge in [0.25, 0.3) is 0 Å². The molecule has 0 aromatic heterocycles. The number of aliphatic imine (C=N–C) groups is 1. The van der Waals surface area contributed by atoms with E-state index in [0.29, 0.717) is 30.9 Å². The van der Waals surface area contributed by atoms with E-state index in [9.17, 15) is 8.42 Å². The van der Waals surface area contributed by atoms with Crippen LogP contribution in [0.25, 0.3) is 0 Å². The van der Waals surface area contributed by atoms with Crippen LogP contribution in [-0.4, -0.2) is 46.3 Å². The first-order valence-corrected chi connectivity index (χ1v) is 10.6. The molecule has 0 atom stereocenters. The van der Waals surface area contributed by atoms with E-state index in [2.05, 4.69) is 34.2 Å². The van der Waals surface area contributed by atoms with Crippen LogP contribution in [0.1, 0.15) is 52.9 Å². The van der Waals surface area contributed by atoms with Crippen molar-refractivity contribution in [1.82, 2.24) is 15.4 Å². The van der Waals surface area contributed by atoms with Crippen molar-refractivity contribution < 1.29 is 8.42 Å². The summed E-state index contributed by atoms with van der Waals surface area (Å²) >= 11 is 0. The number of hydrogen-bond donors (Lipinski definition) is 3. The number of nitrogens with zero attached hydrogens (tertiary/aromatic N) is 1. The minimum Gasteiger partial charge on any atom is -0.357 e. The maximum atomic E-state index is 11.9. The van der Waals surface area contributed by atoms with Gasteiger partial charge in [0, 0.05) is 26.2 Å². The first-order chi connectivity index (χ1) is 10.9. The highest BCUT2D eigenvalue weighted by atomic mass is 127. The van der Waals surface area contributed by atoms with E-state index in [1.807, 2.05) is 6.92 Å². The lowest BCUT2D eigenvalue weighted by atomic mass is 9.86. The third-order valence-electron chi connectivity index (χ3n) is 4.03. The van der Waals surface area contributed by atoms with E-state index < -0.39 is 10.0 Å². The molecule has 144 valence electrons. The Kier molecular flexibility index (Phi) is 13.1. The fraction of sp³-hybridized carbons (Fsp3) is 0.938. The molecule has 1 saturated carbocycles. The molecule has 0 aromatic carbocycles. The highest BCUT2D eigenvalue weighted by Gasteiger charge is 2.19. The van der Waals surface area contributed by atoms with Crippen molar-refractivity contribution in [1.29, 1.82) is 0 Å². The minimum atomic E-state index is -3.20. The fourth-order valence-corrected chi connectivity index (χ4v) is 3.35. The minimum absolute atomic E-state index is 0. The largest absolute Gasteiger partial charge is 0.357 e. The number of guanidine groups is 1. The summed E-state index contributed by atoms with van der Waals surface area (Å²) in [7, 11) is -3.20. The molecular weight excluding hydrogens is 439 g/mol. The molecule has 1 rings (SSSR count). The van der Waals surface area contributed by atoms with Gasteiger partial charge in [0.05, 0.1) is 5.75 Å². The standard InChI is InChI=1S/C16H34N4O2S.HI/c1-4-17-16(18-10-6-7-14(2)3)19-11-12-23(21,22)20-13-15-8-5-9-15;/h14-15,20H,4-13H2,1-3H3,(H2,17,18,19);1H. The molecule has 0 aliphatic heterocycles. The zero-order valence-corrected chi connectivity index (χ0v) is 18.5. The Hall–Kier alpha value is -0.0900. The predicted octanol–water partition coefficient (Wildman–Crippen LogP) is 2.32. The Morgan fingerprint density at radius 3 is 2.50 bits per heavy atom. The number of hydrogen-bond acceptors (Lipinski definition) is 3. The Morgan fingerprint density at radius 2 is 1.96 bits per heavy atom. The summed E-state index contributed by atoms with van der Waals surface area (Å²) in [4.78, 5) is 4.48. The lowest BCUT2D eigenvalue weighted by Crippen LogP contribution is -2.42. The van der Waals surface area contributed by atoms with E-state index in [-0.39, 0.29) is 29.7 Å².